The minimum Gasteiger partial charge on any atom is -0.273 e. The Labute approximate surface area is 54.7 Å². The molecule has 0 aliphatic rings. The smallest absolute Gasteiger partial charge is 0.240 e. The van der Waals surface area contributed by atoms with E-state index in [1.54, 1.807) is 6.08 Å². The number of allylic oxidation sites excluding steroid dienone is 1. The van der Waals surface area contributed by atoms with Crippen LogP contribution < -0.4 is 5.48 Å². The standard InChI is InChI=1S/C6H11NO2/c1-3-4-5-9-7-6(2)8/h3-4H,5H2,1-2H3,(H,7,8). The molecule has 0 bridgehead atoms. The molecule has 0 spiro atoms. The first kappa shape index (κ1) is 8.17. The van der Waals surface area contributed by atoms with Crippen LogP contribution in [0.25, 0.3) is 0 Å². The van der Waals surface area contributed by atoms with Gasteiger partial charge in [0.1, 0.15) is 0 Å². The van der Waals surface area contributed by atoms with Crippen LogP contribution in [0.5, 0.6) is 0 Å². The number of nitrogens with one attached hydrogen (secondary N) is 1. The van der Waals surface area contributed by atoms with E-state index in [0.717, 1.165) is 0 Å². The molecule has 3 heteroatoms. The third-order valence-corrected chi connectivity index (χ3v) is 0.631. The Morgan fingerprint density at radius 2 is 2.44 bits per heavy atom. The van der Waals surface area contributed by atoms with E-state index in [1.807, 2.05) is 13.0 Å². The summed E-state index contributed by atoms with van der Waals surface area (Å²) in [5.41, 5.74) is 2.19. The van der Waals surface area contributed by atoms with Gasteiger partial charge >= 0.3 is 0 Å². The number of rotatable bonds is 3. The second-order valence-corrected chi connectivity index (χ2v) is 1.54. The summed E-state index contributed by atoms with van der Waals surface area (Å²) in [4.78, 5) is 14.8. The van der Waals surface area contributed by atoms with Crippen LogP contribution in [-0.4, -0.2) is 12.5 Å². The molecule has 0 rings (SSSR count). The van der Waals surface area contributed by atoms with Gasteiger partial charge in [-0.15, -0.1) is 0 Å². The fourth-order valence-electron chi connectivity index (χ4n) is 0.288. The Kier molecular flexibility index (Phi) is 4.82. The highest BCUT2D eigenvalue weighted by Gasteiger charge is 1.84. The molecule has 0 heterocycles. The van der Waals surface area contributed by atoms with E-state index >= 15 is 0 Å². The van der Waals surface area contributed by atoms with Crippen molar-refractivity contribution in [3.63, 3.8) is 0 Å². The van der Waals surface area contributed by atoms with Crippen LogP contribution in [0.4, 0.5) is 0 Å². The van der Waals surface area contributed by atoms with Crippen molar-refractivity contribution in [1.82, 2.24) is 5.48 Å². The fraction of sp³-hybridized carbons (Fsp3) is 0.500. The van der Waals surface area contributed by atoms with Crippen molar-refractivity contribution in [1.29, 1.82) is 0 Å². The second kappa shape index (κ2) is 5.31. The molecule has 0 aliphatic heterocycles. The Hall–Kier alpha value is -0.830. The fourth-order valence-corrected chi connectivity index (χ4v) is 0.288. The molecule has 0 saturated carbocycles. The average Bonchev–Trinajstić information content (AvgIpc) is 1.80. The molecule has 0 atom stereocenters. The van der Waals surface area contributed by atoms with E-state index in [4.69, 9.17) is 0 Å². The zero-order valence-electron chi connectivity index (χ0n) is 5.68. The van der Waals surface area contributed by atoms with Crippen LogP contribution in [-0.2, 0) is 9.63 Å². The SMILES string of the molecule is CC=CCONC(C)=O. The third-order valence-electron chi connectivity index (χ3n) is 0.631. The molecule has 0 saturated heterocycles. The molecule has 0 aliphatic carbocycles. The van der Waals surface area contributed by atoms with Gasteiger partial charge in [0.15, 0.2) is 0 Å². The summed E-state index contributed by atoms with van der Waals surface area (Å²) in [6.45, 7) is 3.71. The number of hydrogen-bond donors (Lipinski definition) is 1. The number of amides is 1. The molecular weight excluding hydrogens is 118 g/mol. The topological polar surface area (TPSA) is 38.3 Å². The van der Waals surface area contributed by atoms with Gasteiger partial charge in [-0.1, -0.05) is 12.2 Å². The Morgan fingerprint density at radius 3 is 2.89 bits per heavy atom. The highest BCUT2D eigenvalue weighted by atomic mass is 16.6. The lowest BCUT2D eigenvalue weighted by Crippen LogP contribution is -2.19. The summed E-state index contributed by atoms with van der Waals surface area (Å²) in [6, 6.07) is 0. The lowest BCUT2D eigenvalue weighted by Gasteiger charge is -1.96. The lowest BCUT2D eigenvalue weighted by atomic mass is 10.6. The van der Waals surface area contributed by atoms with E-state index in [1.165, 1.54) is 6.92 Å². The van der Waals surface area contributed by atoms with Gasteiger partial charge < -0.3 is 0 Å². The first-order valence-corrected chi connectivity index (χ1v) is 2.77. The molecule has 0 aromatic heterocycles. The van der Waals surface area contributed by atoms with Gasteiger partial charge in [-0.2, -0.15) is 0 Å². The highest BCUT2D eigenvalue weighted by Crippen LogP contribution is 1.71. The number of hydroxylamine groups is 1. The van der Waals surface area contributed by atoms with Gasteiger partial charge in [0.2, 0.25) is 5.91 Å². The Balaban J connectivity index is 3.01. The molecule has 1 N–H and O–H groups in total. The molecule has 9 heavy (non-hydrogen) atoms. The number of carbonyl (C=O) groups excluding carboxylic acids is 1. The molecule has 0 aromatic carbocycles. The van der Waals surface area contributed by atoms with E-state index in [2.05, 4.69) is 10.3 Å². The molecule has 1 amide bonds. The predicted molar refractivity (Wildman–Crippen MR) is 34.6 cm³/mol. The maximum Gasteiger partial charge on any atom is 0.240 e. The summed E-state index contributed by atoms with van der Waals surface area (Å²) in [5, 5.41) is 0. The van der Waals surface area contributed by atoms with E-state index in [0.29, 0.717) is 6.61 Å². The highest BCUT2D eigenvalue weighted by molar-refractivity contribution is 5.71. The first-order chi connectivity index (χ1) is 4.27. The maximum atomic E-state index is 10.1. The zero-order chi connectivity index (χ0) is 7.11. The summed E-state index contributed by atoms with van der Waals surface area (Å²) in [7, 11) is 0. The zero-order valence-corrected chi connectivity index (χ0v) is 5.68. The van der Waals surface area contributed by atoms with Crippen LogP contribution in [0.15, 0.2) is 12.2 Å². The summed E-state index contributed by atoms with van der Waals surface area (Å²) in [5.74, 6) is -0.181. The van der Waals surface area contributed by atoms with E-state index in [9.17, 15) is 4.79 Å². The average molecular weight is 129 g/mol. The third kappa shape index (κ3) is 7.17. The van der Waals surface area contributed by atoms with Crippen molar-refractivity contribution in [2.24, 2.45) is 0 Å². The van der Waals surface area contributed by atoms with Crippen molar-refractivity contribution in [2.45, 2.75) is 13.8 Å². The van der Waals surface area contributed by atoms with E-state index < -0.39 is 0 Å². The normalized spacial score (nSPS) is 10.0. The van der Waals surface area contributed by atoms with Gasteiger partial charge in [0, 0.05) is 6.92 Å². The Morgan fingerprint density at radius 1 is 1.78 bits per heavy atom. The van der Waals surface area contributed by atoms with E-state index in [-0.39, 0.29) is 5.91 Å². The van der Waals surface area contributed by atoms with Crippen LogP contribution in [0.3, 0.4) is 0 Å². The monoisotopic (exact) mass is 129 g/mol. The number of carbonyl (C=O) groups is 1. The predicted octanol–water partition coefficient (Wildman–Crippen LogP) is 0.630. The molecule has 52 valence electrons. The maximum absolute atomic E-state index is 10.1. The minimum atomic E-state index is -0.181. The van der Waals surface area contributed by atoms with Crippen LogP contribution in [0, 0.1) is 0 Å². The van der Waals surface area contributed by atoms with Gasteiger partial charge in [0.25, 0.3) is 0 Å². The lowest BCUT2D eigenvalue weighted by molar-refractivity contribution is -0.130. The van der Waals surface area contributed by atoms with Crippen LogP contribution >= 0.6 is 0 Å². The molecule has 0 unspecified atom stereocenters. The molecule has 0 fully saturated rings. The van der Waals surface area contributed by atoms with Crippen molar-refractivity contribution in [3.8, 4) is 0 Å². The van der Waals surface area contributed by atoms with Gasteiger partial charge in [0.05, 0.1) is 6.61 Å². The molecular formula is C6H11NO2. The second-order valence-electron chi connectivity index (χ2n) is 1.54. The quantitative estimate of drug-likeness (QED) is 0.345. The van der Waals surface area contributed by atoms with Gasteiger partial charge in [-0.3, -0.25) is 9.63 Å². The van der Waals surface area contributed by atoms with Gasteiger partial charge in [-0.05, 0) is 6.92 Å². The summed E-state index contributed by atoms with van der Waals surface area (Å²) in [6.07, 6.45) is 3.65. The van der Waals surface area contributed by atoms with Crippen molar-refractivity contribution >= 4 is 5.91 Å². The summed E-state index contributed by atoms with van der Waals surface area (Å²) >= 11 is 0. The van der Waals surface area contributed by atoms with Crippen molar-refractivity contribution < 1.29 is 9.63 Å². The largest absolute Gasteiger partial charge is 0.273 e. The molecule has 3 nitrogen and oxygen atoms in total. The van der Waals surface area contributed by atoms with Crippen molar-refractivity contribution in [3.05, 3.63) is 12.2 Å². The first-order valence-electron chi connectivity index (χ1n) is 2.77. The molecule has 0 aromatic rings. The number of hydrogen-bond acceptors (Lipinski definition) is 2. The summed E-state index contributed by atoms with van der Waals surface area (Å²) < 4.78 is 0. The van der Waals surface area contributed by atoms with Crippen molar-refractivity contribution in [2.75, 3.05) is 6.61 Å². The Bertz CT molecular complexity index is 110. The van der Waals surface area contributed by atoms with Crippen LogP contribution in [0.1, 0.15) is 13.8 Å². The van der Waals surface area contributed by atoms with Crippen LogP contribution in [0.2, 0.25) is 0 Å². The van der Waals surface area contributed by atoms with Gasteiger partial charge in [-0.25, -0.2) is 5.48 Å². The molecule has 0 radical (unpaired) electrons. The minimum absolute atomic E-state index is 0.181.